The average molecular weight is 427 g/mol. The number of ether oxygens (including phenoxy) is 1. The Morgan fingerprint density at radius 3 is 2.23 bits per heavy atom. The van der Waals surface area contributed by atoms with Gasteiger partial charge in [-0.25, -0.2) is 0 Å². The van der Waals surface area contributed by atoms with Crippen LogP contribution in [0.1, 0.15) is 33.9 Å². The zero-order valence-corrected chi connectivity index (χ0v) is 17.0. The van der Waals surface area contributed by atoms with Crippen LogP contribution in [-0.4, -0.2) is 17.0 Å². The number of rotatable bonds is 8. The maximum absolute atomic E-state index is 12.8. The van der Waals surface area contributed by atoms with Crippen molar-refractivity contribution in [2.45, 2.75) is 19.1 Å². The van der Waals surface area contributed by atoms with Gasteiger partial charge in [0.05, 0.1) is 12.5 Å². The van der Waals surface area contributed by atoms with Crippen LogP contribution < -0.4 is 15.8 Å². The number of nitrogens with one attached hydrogen (secondary N) is 1. The largest absolute Gasteiger partial charge is 0.489 e. The summed E-state index contributed by atoms with van der Waals surface area (Å²) in [5, 5.41) is 12.0. The molecule has 1 atom stereocenters. The maximum atomic E-state index is 12.8. The fraction of sp³-hybridized carbons (Fsp3) is 0.130. The second-order valence-corrected chi connectivity index (χ2v) is 6.60. The lowest BCUT2D eigenvalue weighted by Crippen LogP contribution is -2.30. The normalized spacial score (nSPS) is 11.1. The summed E-state index contributed by atoms with van der Waals surface area (Å²) in [6.07, 6.45) is -0.227. The Balaban J connectivity index is 0.00000320. The fourth-order valence-corrected chi connectivity index (χ4v) is 2.93. The van der Waals surface area contributed by atoms with Gasteiger partial charge in [-0.3, -0.25) is 9.59 Å². The van der Waals surface area contributed by atoms with E-state index in [0.29, 0.717) is 29.2 Å². The van der Waals surface area contributed by atoms with Crippen LogP contribution in [0.3, 0.4) is 0 Å². The van der Waals surface area contributed by atoms with Crippen LogP contribution >= 0.6 is 12.4 Å². The third-order valence-electron chi connectivity index (χ3n) is 4.33. The zero-order valence-electron chi connectivity index (χ0n) is 16.2. The number of carbonyl (C=O) groups excluding carboxylic acids is 1. The first-order valence-electron chi connectivity index (χ1n) is 9.16. The van der Waals surface area contributed by atoms with Gasteiger partial charge in [-0.2, -0.15) is 0 Å². The molecule has 156 valence electrons. The molecular formula is C23H23ClN2O4. The third-order valence-corrected chi connectivity index (χ3v) is 4.33. The summed E-state index contributed by atoms with van der Waals surface area (Å²) in [5.74, 6) is -0.955. The molecule has 0 aromatic heterocycles. The number of nitrogen functional groups attached to an aromatic ring is 1. The van der Waals surface area contributed by atoms with E-state index in [1.54, 1.807) is 36.4 Å². The molecule has 0 heterocycles. The van der Waals surface area contributed by atoms with E-state index < -0.39 is 17.9 Å². The highest BCUT2D eigenvalue weighted by molar-refractivity contribution is 5.96. The summed E-state index contributed by atoms with van der Waals surface area (Å²) >= 11 is 0. The minimum Gasteiger partial charge on any atom is -0.489 e. The van der Waals surface area contributed by atoms with Gasteiger partial charge in [-0.05, 0) is 23.3 Å². The van der Waals surface area contributed by atoms with Crippen LogP contribution in [0.4, 0.5) is 5.69 Å². The number of benzene rings is 3. The summed E-state index contributed by atoms with van der Waals surface area (Å²) in [6.45, 7) is 0.344. The van der Waals surface area contributed by atoms with E-state index in [1.165, 1.54) is 6.07 Å². The molecule has 6 nitrogen and oxygen atoms in total. The van der Waals surface area contributed by atoms with E-state index in [4.69, 9.17) is 10.5 Å². The molecule has 3 aromatic rings. The van der Waals surface area contributed by atoms with E-state index in [-0.39, 0.29) is 18.8 Å². The van der Waals surface area contributed by atoms with Crippen molar-refractivity contribution in [3.05, 3.63) is 95.6 Å². The molecule has 0 fully saturated rings. The van der Waals surface area contributed by atoms with Crippen molar-refractivity contribution in [3.63, 3.8) is 0 Å². The van der Waals surface area contributed by atoms with E-state index in [2.05, 4.69) is 5.32 Å². The molecule has 3 aromatic carbocycles. The first-order valence-corrected chi connectivity index (χ1v) is 9.16. The lowest BCUT2D eigenvalue weighted by Gasteiger charge is -2.18. The van der Waals surface area contributed by atoms with Crippen molar-refractivity contribution in [2.24, 2.45) is 0 Å². The molecule has 30 heavy (non-hydrogen) atoms. The molecule has 0 saturated carbocycles. The van der Waals surface area contributed by atoms with E-state index in [1.807, 2.05) is 36.4 Å². The topological polar surface area (TPSA) is 102 Å². The van der Waals surface area contributed by atoms with E-state index >= 15 is 0 Å². The molecule has 0 aliphatic heterocycles. The highest BCUT2D eigenvalue weighted by Gasteiger charge is 2.19. The van der Waals surface area contributed by atoms with E-state index in [9.17, 15) is 14.7 Å². The first kappa shape index (κ1) is 22.8. The smallest absolute Gasteiger partial charge is 0.305 e. The van der Waals surface area contributed by atoms with Gasteiger partial charge in [-0.1, -0.05) is 60.7 Å². The van der Waals surface area contributed by atoms with Crippen LogP contribution in [0.5, 0.6) is 5.75 Å². The second kappa shape index (κ2) is 10.9. The predicted molar refractivity (Wildman–Crippen MR) is 118 cm³/mol. The zero-order chi connectivity index (χ0) is 20.6. The van der Waals surface area contributed by atoms with Gasteiger partial charge < -0.3 is 20.9 Å². The molecule has 0 aliphatic rings. The molecule has 3 rings (SSSR count). The average Bonchev–Trinajstić information content (AvgIpc) is 2.72. The van der Waals surface area contributed by atoms with Gasteiger partial charge >= 0.3 is 5.97 Å². The molecule has 0 spiro atoms. The standard InChI is InChI=1S/C23H22N2O4.ClH/c24-19-11-18(12-20(13-19)29-15-16-7-3-1-4-8-16)23(28)25-21(14-22(26)27)17-9-5-2-6-10-17;/h1-13,21H,14-15,24H2,(H,25,28)(H,26,27);1H/t21-;/m0./s1. The molecular weight excluding hydrogens is 404 g/mol. The molecule has 0 saturated heterocycles. The lowest BCUT2D eigenvalue weighted by atomic mass is 10.0. The molecule has 0 bridgehead atoms. The highest BCUT2D eigenvalue weighted by Crippen LogP contribution is 2.22. The Bertz CT molecular complexity index is 981. The summed E-state index contributed by atoms with van der Waals surface area (Å²) < 4.78 is 5.76. The fourth-order valence-electron chi connectivity index (χ4n) is 2.93. The van der Waals surface area contributed by atoms with Crippen molar-refractivity contribution in [2.75, 3.05) is 5.73 Å². The van der Waals surface area contributed by atoms with Gasteiger partial charge in [0.15, 0.2) is 0 Å². The quantitative estimate of drug-likeness (QED) is 0.468. The van der Waals surface area contributed by atoms with Gasteiger partial charge in [0, 0.05) is 17.3 Å². The monoisotopic (exact) mass is 426 g/mol. The number of carboxylic acid groups (broad SMARTS) is 1. The van der Waals surface area contributed by atoms with Crippen LogP contribution in [0.15, 0.2) is 78.9 Å². The molecule has 0 unspecified atom stereocenters. The van der Waals surface area contributed by atoms with Crippen LogP contribution in [0.2, 0.25) is 0 Å². The molecule has 0 aliphatic carbocycles. The van der Waals surface area contributed by atoms with E-state index in [0.717, 1.165) is 5.56 Å². The number of amides is 1. The Hall–Kier alpha value is -3.51. The number of halogens is 1. The SMILES string of the molecule is Cl.Nc1cc(OCc2ccccc2)cc(C(=O)N[C@@H](CC(=O)O)c2ccccc2)c1. The summed E-state index contributed by atoms with van der Waals surface area (Å²) in [7, 11) is 0. The lowest BCUT2D eigenvalue weighted by molar-refractivity contribution is -0.137. The van der Waals surface area contributed by atoms with Crippen LogP contribution in [0, 0.1) is 0 Å². The first-order chi connectivity index (χ1) is 14.0. The number of carbonyl (C=O) groups is 2. The minimum atomic E-state index is -1.00. The Morgan fingerprint density at radius 1 is 0.967 bits per heavy atom. The summed E-state index contributed by atoms with van der Waals surface area (Å²) in [4.78, 5) is 24.0. The minimum absolute atomic E-state index is 0. The Morgan fingerprint density at radius 2 is 1.60 bits per heavy atom. The van der Waals surface area contributed by atoms with Crippen molar-refractivity contribution >= 4 is 30.0 Å². The Labute approximate surface area is 181 Å². The van der Waals surface area contributed by atoms with Crippen LogP contribution in [0.25, 0.3) is 0 Å². The molecule has 4 N–H and O–H groups in total. The van der Waals surface area contributed by atoms with Crippen molar-refractivity contribution < 1.29 is 19.4 Å². The van der Waals surface area contributed by atoms with Crippen molar-refractivity contribution in [3.8, 4) is 5.75 Å². The van der Waals surface area contributed by atoms with Gasteiger partial charge in [0.1, 0.15) is 12.4 Å². The van der Waals surface area contributed by atoms with Crippen LogP contribution in [-0.2, 0) is 11.4 Å². The third kappa shape index (κ3) is 6.53. The van der Waals surface area contributed by atoms with Gasteiger partial charge in [0.2, 0.25) is 0 Å². The van der Waals surface area contributed by atoms with Gasteiger partial charge in [0.25, 0.3) is 5.91 Å². The number of anilines is 1. The molecule has 7 heteroatoms. The summed E-state index contributed by atoms with van der Waals surface area (Å²) in [6, 6.07) is 22.7. The highest BCUT2D eigenvalue weighted by atomic mass is 35.5. The van der Waals surface area contributed by atoms with Crippen molar-refractivity contribution in [1.29, 1.82) is 0 Å². The number of hydrogen-bond donors (Lipinski definition) is 3. The second-order valence-electron chi connectivity index (χ2n) is 6.60. The Kier molecular flexibility index (Phi) is 8.26. The maximum Gasteiger partial charge on any atom is 0.305 e. The van der Waals surface area contributed by atoms with Gasteiger partial charge in [-0.15, -0.1) is 12.4 Å². The number of aliphatic carboxylic acids is 1. The summed E-state index contributed by atoms with van der Waals surface area (Å²) in [5.41, 5.74) is 8.33. The molecule has 1 amide bonds. The number of carboxylic acids is 1. The van der Waals surface area contributed by atoms with Crippen molar-refractivity contribution in [1.82, 2.24) is 5.32 Å². The number of nitrogens with two attached hydrogens (primary N) is 1. The number of hydrogen-bond acceptors (Lipinski definition) is 4. The predicted octanol–water partition coefficient (Wildman–Crippen LogP) is 4.22. The molecule has 0 radical (unpaired) electrons.